The molecule has 6 heteroatoms. The van der Waals surface area contributed by atoms with E-state index in [2.05, 4.69) is 10.4 Å². The van der Waals surface area contributed by atoms with Gasteiger partial charge in [-0.1, -0.05) is 18.2 Å². The van der Waals surface area contributed by atoms with Crippen molar-refractivity contribution in [3.8, 4) is 5.69 Å². The van der Waals surface area contributed by atoms with Gasteiger partial charge in [0.25, 0.3) is 11.7 Å². The molecule has 0 aliphatic rings. The number of nitrogens with zero attached hydrogens (tertiary/aromatic N) is 2. The van der Waals surface area contributed by atoms with E-state index >= 15 is 0 Å². The third-order valence-corrected chi connectivity index (χ3v) is 3.52. The van der Waals surface area contributed by atoms with E-state index in [1.807, 2.05) is 30.3 Å². The predicted molar refractivity (Wildman–Crippen MR) is 86.8 cm³/mol. The number of aryl methyl sites for hydroxylation is 1. The number of hydrogen-bond donors (Lipinski definition) is 1. The molecule has 0 saturated heterocycles. The van der Waals surface area contributed by atoms with E-state index in [-0.39, 0.29) is 6.04 Å². The number of benzene rings is 1. The maximum absolute atomic E-state index is 12.5. The van der Waals surface area contributed by atoms with Crippen molar-refractivity contribution in [3.63, 3.8) is 0 Å². The molecule has 0 aliphatic heterocycles. The van der Waals surface area contributed by atoms with Crippen molar-refractivity contribution < 1.29 is 14.3 Å². The van der Waals surface area contributed by atoms with E-state index < -0.39 is 11.7 Å². The summed E-state index contributed by atoms with van der Waals surface area (Å²) < 4.78 is 6.63. The highest BCUT2D eigenvalue weighted by Gasteiger charge is 2.25. The van der Waals surface area contributed by atoms with E-state index in [1.165, 1.54) is 0 Å². The molecule has 1 heterocycles. The zero-order valence-corrected chi connectivity index (χ0v) is 13.8. The number of methoxy groups -OCH3 is 1. The number of para-hydroxylation sites is 1. The first-order chi connectivity index (χ1) is 11.0. The molecule has 23 heavy (non-hydrogen) atoms. The number of Topliss-reactive ketones (excluding diaryl/α,β-unsaturated/α-hetero) is 1. The monoisotopic (exact) mass is 315 g/mol. The van der Waals surface area contributed by atoms with E-state index in [0.717, 1.165) is 5.69 Å². The molecule has 0 aliphatic carbocycles. The number of carbonyl (C=O) groups is 2. The lowest BCUT2D eigenvalue weighted by molar-refractivity contribution is -0.117. The lowest BCUT2D eigenvalue weighted by Gasteiger charge is -2.12. The van der Waals surface area contributed by atoms with Gasteiger partial charge in [0.15, 0.2) is 0 Å². The second kappa shape index (κ2) is 7.19. The van der Waals surface area contributed by atoms with Crippen molar-refractivity contribution in [3.05, 3.63) is 47.3 Å². The number of aromatic nitrogens is 2. The van der Waals surface area contributed by atoms with Crippen molar-refractivity contribution in [2.45, 2.75) is 26.8 Å². The Labute approximate surface area is 135 Å². The smallest absolute Gasteiger partial charge is 0.292 e. The van der Waals surface area contributed by atoms with Gasteiger partial charge in [0.2, 0.25) is 0 Å². The van der Waals surface area contributed by atoms with Crippen LogP contribution in [-0.2, 0) is 9.53 Å². The quantitative estimate of drug-likeness (QED) is 0.652. The van der Waals surface area contributed by atoms with E-state index in [0.29, 0.717) is 23.6 Å². The van der Waals surface area contributed by atoms with E-state index in [4.69, 9.17) is 4.74 Å². The number of ether oxygens (including phenoxy) is 1. The van der Waals surface area contributed by atoms with Gasteiger partial charge in [-0.2, -0.15) is 5.10 Å². The highest BCUT2D eigenvalue weighted by Crippen LogP contribution is 2.18. The van der Waals surface area contributed by atoms with Crippen LogP contribution in [0.2, 0.25) is 0 Å². The molecule has 0 bridgehead atoms. The second-order valence-electron chi connectivity index (χ2n) is 5.45. The minimum atomic E-state index is -0.645. The van der Waals surface area contributed by atoms with E-state index in [1.54, 1.807) is 32.6 Å². The summed E-state index contributed by atoms with van der Waals surface area (Å²) in [6.07, 6.45) is 0. The van der Waals surface area contributed by atoms with Gasteiger partial charge in [-0.15, -0.1) is 0 Å². The van der Waals surface area contributed by atoms with Gasteiger partial charge in [-0.25, -0.2) is 4.68 Å². The summed E-state index contributed by atoms with van der Waals surface area (Å²) in [6, 6.07) is 9.26. The summed E-state index contributed by atoms with van der Waals surface area (Å²) in [4.78, 5) is 24.6. The van der Waals surface area contributed by atoms with Crippen molar-refractivity contribution in [2.24, 2.45) is 0 Å². The summed E-state index contributed by atoms with van der Waals surface area (Å²) in [5.41, 5.74) is 2.37. The molecule has 122 valence electrons. The Morgan fingerprint density at radius 3 is 2.52 bits per heavy atom. The Kier molecular flexibility index (Phi) is 5.28. The highest BCUT2D eigenvalue weighted by atomic mass is 16.5. The largest absolute Gasteiger partial charge is 0.383 e. The highest BCUT2D eigenvalue weighted by molar-refractivity contribution is 6.43. The Balaban J connectivity index is 2.28. The molecular weight excluding hydrogens is 294 g/mol. The average molecular weight is 315 g/mol. The first-order valence-corrected chi connectivity index (χ1v) is 7.41. The molecule has 0 spiro atoms. The molecule has 1 atom stereocenters. The van der Waals surface area contributed by atoms with Crippen LogP contribution >= 0.6 is 0 Å². The predicted octanol–water partition coefficient (Wildman–Crippen LogP) is 1.82. The van der Waals surface area contributed by atoms with Gasteiger partial charge < -0.3 is 10.1 Å². The molecule has 1 aromatic heterocycles. The number of carbonyl (C=O) groups excluding carboxylic acids is 2. The normalized spacial score (nSPS) is 12.0. The number of ketones is 1. The standard InChI is InChI=1S/C17H21N3O3/c1-11(10-23-4)18-17(22)16(21)15-12(2)19-20(13(15)3)14-8-6-5-7-9-14/h5-9,11H,10H2,1-4H3,(H,18,22)/t11-/m1/s1. The number of amides is 1. The Hall–Kier alpha value is -2.47. The minimum Gasteiger partial charge on any atom is -0.383 e. The minimum absolute atomic E-state index is 0.235. The number of hydrogen-bond acceptors (Lipinski definition) is 4. The van der Waals surface area contributed by atoms with Crippen molar-refractivity contribution in [2.75, 3.05) is 13.7 Å². The van der Waals surface area contributed by atoms with Crippen LogP contribution in [0.15, 0.2) is 30.3 Å². The van der Waals surface area contributed by atoms with Gasteiger partial charge in [0.05, 0.1) is 29.2 Å². The molecule has 0 fully saturated rings. The second-order valence-corrected chi connectivity index (χ2v) is 5.45. The molecule has 1 N–H and O–H groups in total. The summed E-state index contributed by atoms with van der Waals surface area (Å²) in [6.45, 7) is 5.64. The van der Waals surface area contributed by atoms with Crippen LogP contribution in [0.25, 0.3) is 5.69 Å². The van der Waals surface area contributed by atoms with Crippen LogP contribution in [0.3, 0.4) is 0 Å². The first kappa shape index (κ1) is 16.9. The lowest BCUT2D eigenvalue weighted by Crippen LogP contribution is -2.40. The van der Waals surface area contributed by atoms with Crippen molar-refractivity contribution in [1.29, 1.82) is 0 Å². The molecule has 2 aromatic rings. The van der Waals surface area contributed by atoms with Crippen LogP contribution in [0.5, 0.6) is 0 Å². The Morgan fingerprint density at radius 1 is 1.26 bits per heavy atom. The number of nitrogens with one attached hydrogen (secondary N) is 1. The van der Waals surface area contributed by atoms with E-state index in [9.17, 15) is 9.59 Å². The molecule has 0 radical (unpaired) electrons. The van der Waals surface area contributed by atoms with Gasteiger partial charge in [-0.05, 0) is 32.9 Å². The van der Waals surface area contributed by atoms with Gasteiger partial charge in [0, 0.05) is 13.2 Å². The van der Waals surface area contributed by atoms with Gasteiger partial charge in [0.1, 0.15) is 0 Å². The topological polar surface area (TPSA) is 73.2 Å². The van der Waals surface area contributed by atoms with Gasteiger partial charge in [-0.3, -0.25) is 9.59 Å². The SMILES string of the molecule is COC[C@@H](C)NC(=O)C(=O)c1c(C)nn(-c2ccccc2)c1C. The summed E-state index contributed by atoms with van der Waals surface area (Å²) in [7, 11) is 1.54. The van der Waals surface area contributed by atoms with Crippen LogP contribution in [-0.4, -0.2) is 41.2 Å². The fraction of sp³-hybridized carbons (Fsp3) is 0.353. The maximum atomic E-state index is 12.5. The first-order valence-electron chi connectivity index (χ1n) is 7.41. The molecule has 0 saturated carbocycles. The molecule has 1 aromatic carbocycles. The summed E-state index contributed by atoms with van der Waals surface area (Å²) >= 11 is 0. The molecule has 6 nitrogen and oxygen atoms in total. The maximum Gasteiger partial charge on any atom is 0.292 e. The average Bonchev–Trinajstić information content (AvgIpc) is 2.82. The van der Waals surface area contributed by atoms with Crippen LogP contribution in [0.4, 0.5) is 0 Å². The fourth-order valence-corrected chi connectivity index (χ4v) is 2.49. The summed E-state index contributed by atoms with van der Waals surface area (Å²) in [5, 5.41) is 7.02. The van der Waals surface area contributed by atoms with Crippen molar-refractivity contribution in [1.82, 2.24) is 15.1 Å². The molecule has 2 rings (SSSR count). The number of rotatable bonds is 6. The van der Waals surface area contributed by atoms with Crippen LogP contribution in [0.1, 0.15) is 28.7 Å². The van der Waals surface area contributed by atoms with Crippen LogP contribution < -0.4 is 5.32 Å². The van der Waals surface area contributed by atoms with Crippen molar-refractivity contribution >= 4 is 11.7 Å². The van der Waals surface area contributed by atoms with Crippen LogP contribution in [0, 0.1) is 13.8 Å². The third kappa shape index (κ3) is 3.65. The van der Waals surface area contributed by atoms with Gasteiger partial charge >= 0.3 is 0 Å². The molecule has 1 amide bonds. The Morgan fingerprint density at radius 2 is 1.91 bits per heavy atom. The third-order valence-electron chi connectivity index (χ3n) is 3.52. The summed E-state index contributed by atoms with van der Waals surface area (Å²) in [5.74, 6) is -1.22. The lowest BCUT2D eigenvalue weighted by atomic mass is 10.1. The molecule has 0 unspecified atom stereocenters. The Bertz CT molecular complexity index is 707. The molecular formula is C17H21N3O3. The fourth-order valence-electron chi connectivity index (χ4n) is 2.49. The zero-order chi connectivity index (χ0) is 17.0. The zero-order valence-electron chi connectivity index (χ0n) is 13.8.